The maximum atomic E-state index is 12.6. The van der Waals surface area contributed by atoms with Crippen molar-refractivity contribution in [3.63, 3.8) is 0 Å². The highest BCUT2D eigenvalue weighted by molar-refractivity contribution is 14.1. The van der Waals surface area contributed by atoms with Gasteiger partial charge in [0.15, 0.2) is 0 Å². The summed E-state index contributed by atoms with van der Waals surface area (Å²) in [4.78, 5) is 17.1. The van der Waals surface area contributed by atoms with Crippen LogP contribution in [0.25, 0.3) is 11.4 Å². The number of hydrogen-bond donors (Lipinski definition) is 0. The third-order valence-corrected chi connectivity index (χ3v) is 4.64. The number of halogens is 1. The molecule has 1 fully saturated rings. The monoisotopic (exact) mass is 384 g/mol. The average Bonchev–Trinajstić information content (AvgIpc) is 3.02. The lowest BCUT2D eigenvalue weighted by atomic mass is 10.2. The number of nitrogens with zero attached hydrogens (tertiary/aromatic N) is 4. The van der Waals surface area contributed by atoms with E-state index in [9.17, 15) is 4.79 Å². The molecule has 0 atom stereocenters. The Labute approximate surface area is 131 Å². The molecule has 6 heteroatoms. The van der Waals surface area contributed by atoms with Gasteiger partial charge in [-0.05, 0) is 42.4 Å². The molecule has 0 aliphatic heterocycles. The molecule has 0 spiro atoms. The topological polar surface area (TPSA) is 52.7 Å². The number of rotatable bonds is 2. The molecule has 0 radical (unpaired) electrons. The van der Waals surface area contributed by atoms with Crippen molar-refractivity contribution in [2.45, 2.75) is 38.6 Å². The van der Waals surface area contributed by atoms with Crippen molar-refractivity contribution >= 4 is 22.6 Å². The van der Waals surface area contributed by atoms with E-state index in [4.69, 9.17) is 0 Å². The summed E-state index contributed by atoms with van der Waals surface area (Å²) in [6.07, 6.45) is 8.11. The summed E-state index contributed by atoms with van der Waals surface area (Å²) in [5, 5.41) is 4.37. The summed E-state index contributed by atoms with van der Waals surface area (Å²) < 4.78 is 4.34. The summed E-state index contributed by atoms with van der Waals surface area (Å²) in [6.45, 7) is 1.96. The first-order valence-corrected chi connectivity index (χ1v) is 7.93. The Bertz CT molecular complexity index is 698. The van der Waals surface area contributed by atoms with Crippen LogP contribution < -0.4 is 5.56 Å². The van der Waals surface area contributed by atoms with E-state index in [1.807, 2.05) is 24.7 Å². The van der Waals surface area contributed by atoms with Gasteiger partial charge in [0.05, 0.1) is 14.8 Å². The molecule has 0 aromatic carbocycles. The van der Waals surface area contributed by atoms with Crippen LogP contribution in [-0.2, 0) is 7.05 Å². The first kappa shape index (κ1) is 13.8. The fourth-order valence-electron chi connectivity index (χ4n) is 2.97. The molecule has 3 rings (SSSR count). The Balaban J connectivity index is 2.22. The van der Waals surface area contributed by atoms with Crippen LogP contribution in [0.5, 0.6) is 0 Å². The lowest BCUT2D eigenvalue weighted by molar-refractivity contribution is 0.499. The highest BCUT2D eigenvalue weighted by Gasteiger charge is 2.24. The molecular weight excluding hydrogens is 367 g/mol. The molecule has 20 heavy (non-hydrogen) atoms. The number of hydrogen-bond acceptors (Lipinski definition) is 3. The van der Waals surface area contributed by atoms with E-state index >= 15 is 0 Å². The lowest BCUT2D eigenvalue weighted by Gasteiger charge is -2.17. The lowest BCUT2D eigenvalue weighted by Crippen LogP contribution is -2.28. The summed E-state index contributed by atoms with van der Waals surface area (Å²) in [5.41, 5.74) is 1.94. The SMILES string of the molecule is Cc1nn(C)cc1-c1ncc(I)c(=O)n1C1CCCC1. The average molecular weight is 384 g/mol. The van der Waals surface area contributed by atoms with Crippen molar-refractivity contribution in [3.05, 3.63) is 32.0 Å². The van der Waals surface area contributed by atoms with Gasteiger partial charge < -0.3 is 0 Å². The van der Waals surface area contributed by atoms with Crippen LogP contribution in [0.15, 0.2) is 17.2 Å². The molecule has 2 aromatic heterocycles. The van der Waals surface area contributed by atoms with Gasteiger partial charge >= 0.3 is 0 Å². The predicted molar refractivity (Wildman–Crippen MR) is 85.7 cm³/mol. The standard InChI is InChI=1S/C14H17IN4O/c1-9-11(8-18(2)17-9)13-16-7-12(15)14(20)19(13)10-5-3-4-6-10/h7-8,10H,3-6H2,1-2H3. The fraction of sp³-hybridized carbons (Fsp3) is 0.500. The van der Waals surface area contributed by atoms with Gasteiger partial charge in [0.1, 0.15) is 5.82 Å². The number of aryl methyl sites for hydroxylation is 2. The molecule has 1 aliphatic rings. The van der Waals surface area contributed by atoms with Gasteiger partial charge in [-0.25, -0.2) is 4.98 Å². The Morgan fingerprint density at radius 1 is 1.35 bits per heavy atom. The normalized spacial score (nSPS) is 15.9. The molecule has 0 amide bonds. The van der Waals surface area contributed by atoms with Crippen molar-refractivity contribution in [2.75, 3.05) is 0 Å². The van der Waals surface area contributed by atoms with E-state index in [1.165, 1.54) is 12.8 Å². The summed E-state index contributed by atoms with van der Waals surface area (Å²) in [7, 11) is 1.89. The highest BCUT2D eigenvalue weighted by Crippen LogP contribution is 2.32. The van der Waals surface area contributed by atoms with Gasteiger partial charge in [0, 0.05) is 25.5 Å². The second-order valence-corrected chi connectivity index (χ2v) is 6.51. The van der Waals surface area contributed by atoms with Gasteiger partial charge in [0.2, 0.25) is 0 Å². The van der Waals surface area contributed by atoms with Crippen molar-refractivity contribution in [2.24, 2.45) is 7.05 Å². The quantitative estimate of drug-likeness (QED) is 0.749. The molecule has 0 unspecified atom stereocenters. The predicted octanol–water partition coefficient (Wildman–Crippen LogP) is 2.67. The summed E-state index contributed by atoms with van der Waals surface area (Å²) in [5.74, 6) is 0.757. The Morgan fingerprint density at radius 2 is 2.05 bits per heavy atom. The van der Waals surface area contributed by atoms with Gasteiger partial charge in [0.25, 0.3) is 5.56 Å². The van der Waals surface area contributed by atoms with Crippen LogP contribution in [0.2, 0.25) is 0 Å². The minimum Gasteiger partial charge on any atom is -0.289 e. The molecule has 2 heterocycles. The molecule has 0 saturated heterocycles. The molecular formula is C14H17IN4O. The van der Waals surface area contributed by atoms with E-state index in [2.05, 4.69) is 32.7 Å². The zero-order valence-corrected chi connectivity index (χ0v) is 13.8. The second-order valence-electron chi connectivity index (χ2n) is 5.35. The highest BCUT2D eigenvalue weighted by atomic mass is 127. The molecule has 2 aromatic rings. The first-order chi connectivity index (χ1) is 9.58. The summed E-state index contributed by atoms with van der Waals surface area (Å²) >= 11 is 2.07. The third kappa shape index (κ3) is 2.30. The minimum absolute atomic E-state index is 0.0748. The van der Waals surface area contributed by atoms with E-state index in [0.717, 1.165) is 29.9 Å². The van der Waals surface area contributed by atoms with E-state index < -0.39 is 0 Å². The van der Waals surface area contributed by atoms with Crippen molar-refractivity contribution in [1.29, 1.82) is 0 Å². The van der Waals surface area contributed by atoms with Crippen LogP contribution in [-0.4, -0.2) is 19.3 Å². The van der Waals surface area contributed by atoms with Gasteiger partial charge in [-0.1, -0.05) is 12.8 Å². The van der Waals surface area contributed by atoms with Crippen LogP contribution in [0.1, 0.15) is 37.4 Å². The van der Waals surface area contributed by atoms with Gasteiger partial charge in [-0.3, -0.25) is 14.0 Å². The van der Waals surface area contributed by atoms with Crippen LogP contribution in [0.3, 0.4) is 0 Å². The third-order valence-electron chi connectivity index (χ3n) is 3.90. The van der Waals surface area contributed by atoms with Crippen LogP contribution >= 0.6 is 22.6 Å². The number of aromatic nitrogens is 4. The largest absolute Gasteiger partial charge is 0.289 e. The maximum absolute atomic E-state index is 12.6. The zero-order chi connectivity index (χ0) is 14.3. The Hall–Kier alpha value is -1.18. The fourth-order valence-corrected chi connectivity index (χ4v) is 3.37. The Morgan fingerprint density at radius 3 is 2.65 bits per heavy atom. The maximum Gasteiger partial charge on any atom is 0.267 e. The van der Waals surface area contributed by atoms with E-state index in [0.29, 0.717) is 3.57 Å². The van der Waals surface area contributed by atoms with E-state index in [1.54, 1.807) is 10.9 Å². The smallest absolute Gasteiger partial charge is 0.267 e. The molecule has 1 aliphatic carbocycles. The second kappa shape index (κ2) is 5.31. The first-order valence-electron chi connectivity index (χ1n) is 6.85. The van der Waals surface area contributed by atoms with E-state index in [-0.39, 0.29) is 11.6 Å². The summed E-state index contributed by atoms with van der Waals surface area (Å²) in [6, 6.07) is 0.277. The van der Waals surface area contributed by atoms with Gasteiger partial charge in [-0.15, -0.1) is 0 Å². The van der Waals surface area contributed by atoms with Crippen molar-refractivity contribution in [3.8, 4) is 11.4 Å². The van der Waals surface area contributed by atoms with Crippen LogP contribution in [0, 0.1) is 10.5 Å². The zero-order valence-electron chi connectivity index (χ0n) is 11.6. The molecule has 1 saturated carbocycles. The molecule has 0 N–H and O–H groups in total. The Kier molecular flexibility index (Phi) is 3.66. The van der Waals surface area contributed by atoms with Crippen molar-refractivity contribution in [1.82, 2.24) is 19.3 Å². The van der Waals surface area contributed by atoms with Gasteiger partial charge in [-0.2, -0.15) is 5.10 Å². The minimum atomic E-state index is 0.0748. The molecule has 106 valence electrons. The van der Waals surface area contributed by atoms with Crippen LogP contribution in [0.4, 0.5) is 0 Å². The molecule has 0 bridgehead atoms. The van der Waals surface area contributed by atoms with Crippen molar-refractivity contribution < 1.29 is 0 Å². The molecule has 5 nitrogen and oxygen atoms in total.